The number of nitrogens with one attached hydrogen (secondary N) is 1. The van der Waals surface area contributed by atoms with Crippen molar-refractivity contribution in [2.45, 2.75) is 6.54 Å². The van der Waals surface area contributed by atoms with Gasteiger partial charge in [0.1, 0.15) is 31.2 Å². The summed E-state index contributed by atoms with van der Waals surface area (Å²) in [5, 5.41) is 10.5. The zero-order valence-electron chi connectivity index (χ0n) is 14.4. The van der Waals surface area contributed by atoms with E-state index in [0.29, 0.717) is 36.6 Å². The van der Waals surface area contributed by atoms with Crippen molar-refractivity contribution in [3.63, 3.8) is 0 Å². The fourth-order valence-corrected chi connectivity index (χ4v) is 3.55. The number of hydrogen-bond acceptors (Lipinski definition) is 4. The van der Waals surface area contributed by atoms with Gasteiger partial charge >= 0.3 is 0 Å². The number of phenolic OH excluding ortho intramolecular Hbond substituents is 1. The quantitative estimate of drug-likeness (QED) is 0.789. The molecule has 0 aromatic heterocycles. The molecule has 0 amide bonds. The number of phenols is 1. The van der Waals surface area contributed by atoms with E-state index in [-0.39, 0.29) is 27.9 Å². The Morgan fingerprint density at radius 1 is 1.22 bits per heavy atom. The number of quaternary nitrogens is 1. The molecule has 4 rings (SSSR count). The van der Waals surface area contributed by atoms with Crippen LogP contribution in [-0.4, -0.2) is 37.2 Å². The van der Waals surface area contributed by atoms with Crippen LogP contribution in [0.15, 0.2) is 36.1 Å². The van der Waals surface area contributed by atoms with Crippen LogP contribution in [0.3, 0.4) is 0 Å². The molecular formula is C20H18ClFNO4+. The molecule has 0 radical (unpaired) electrons. The number of Topliss-reactive ketones (excluding diaryl/α,β-unsaturated/α-hetero) is 1. The highest BCUT2D eigenvalue weighted by atomic mass is 35.5. The summed E-state index contributed by atoms with van der Waals surface area (Å²) in [6.07, 6.45) is 1.31. The Kier molecular flexibility index (Phi) is 4.86. The Balaban J connectivity index is 1.69. The van der Waals surface area contributed by atoms with E-state index in [1.807, 2.05) is 0 Å². The molecule has 2 aliphatic heterocycles. The molecule has 5 nitrogen and oxygen atoms in total. The molecule has 0 saturated carbocycles. The summed E-state index contributed by atoms with van der Waals surface area (Å²) in [4.78, 5) is 13.9. The Morgan fingerprint density at radius 3 is 2.74 bits per heavy atom. The summed E-state index contributed by atoms with van der Waals surface area (Å²) in [5.41, 5.74) is 1.02. The number of hydrogen-bond donors (Lipinski definition) is 2. The second kappa shape index (κ2) is 7.31. The van der Waals surface area contributed by atoms with E-state index in [1.165, 1.54) is 35.2 Å². The maximum atomic E-state index is 14.1. The van der Waals surface area contributed by atoms with Gasteiger partial charge in [-0.2, -0.15) is 0 Å². The van der Waals surface area contributed by atoms with Gasteiger partial charge in [0.25, 0.3) is 0 Å². The standard InChI is InChI=1S/C20H17ClFNO4/c21-15-2-1-3-16(22)13(15)10-18-19(25)12-4-5-17(24)14(20(12)27-18)11-23-6-8-26-9-7-23/h1-5,10,24H,6-9,11H2/p+1/b18-10-. The van der Waals surface area contributed by atoms with E-state index in [9.17, 15) is 14.3 Å². The molecule has 2 aromatic rings. The number of carbonyl (C=O) groups is 1. The first kappa shape index (κ1) is 18.0. The number of ketones is 1. The van der Waals surface area contributed by atoms with E-state index in [4.69, 9.17) is 21.1 Å². The third-order valence-corrected chi connectivity index (χ3v) is 5.15. The predicted molar refractivity (Wildman–Crippen MR) is 97.7 cm³/mol. The molecule has 140 valence electrons. The summed E-state index contributed by atoms with van der Waals surface area (Å²) < 4.78 is 25.2. The highest BCUT2D eigenvalue weighted by Crippen LogP contribution is 2.39. The lowest BCUT2D eigenvalue weighted by molar-refractivity contribution is -0.921. The molecule has 0 aliphatic carbocycles. The molecule has 27 heavy (non-hydrogen) atoms. The number of aromatic hydroxyl groups is 1. The first-order valence-electron chi connectivity index (χ1n) is 8.69. The minimum atomic E-state index is -0.539. The first-order valence-corrected chi connectivity index (χ1v) is 9.07. The van der Waals surface area contributed by atoms with Crippen molar-refractivity contribution >= 4 is 23.5 Å². The highest BCUT2D eigenvalue weighted by Gasteiger charge is 2.33. The number of halogens is 2. The second-order valence-electron chi connectivity index (χ2n) is 6.55. The normalized spacial score (nSPS) is 18.6. The number of ether oxygens (including phenoxy) is 2. The maximum absolute atomic E-state index is 14.1. The summed E-state index contributed by atoms with van der Waals surface area (Å²) in [6, 6.07) is 7.32. The van der Waals surface area contributed by atoms with Crippen LogP contribution in [0.25, 0.3) is 6.08 Å². The Hall–Kier alpha value is -2.41. The molecule has 0 spiro atoms. The van der Waals surface area contributed by atoms with Crippen molar-refractivity contribution in [3.8, 4) is 11.5 Å². The third kappa shape index (κ3) is 3.43. The monoisotopic (exact) mass is 390 g/mol. The van der Waals surface area contributed by atoms with Crippen LogP contribution in [0.5, 0.6) is 11.5 Å². The summed E-state index contributed by atoms with van der Waals surface area (Å²) >= 11 is 6.05. The van der Waals surface area contributed by atoms with Crippen LogP contribution in [-0.2, 0) is 11.3 Å². The Morgan fingerprint density at radius 2 is 2.00 bits per heavy atom. The van der Waals surface area contributed by atoms with Crippen molar-refractivity contribution in [1.82, 2.24) is 0 Å². The van der Waals surface area contributed by atoms with E-state index in [1.54, 1.807) is 6.07 Å². The molecule has 2 aromatic carbocycles. The molecule has 1 saturated heterocycles. The fourth-order valence-electron chi connectivity index (χ4n) is 3.33. The average Bonchev–Trinajstić information content (AvgIpc) is 2.98. The zero-order chi connectivity index (χ0) is 19.0. The minimum Gasteiger partial charge on any atom is -0.507 e. The van der Waals surface area contributed by atoms with Gasteiger partial charge in [0.2, 0.25) is 5.78 Å². The summed E-state index contributed by atoms with van der Waals surface area (Å²) in [6.45, 7) is 3.44. The number of fused-ring (bicyclic) bond motifs is 1. The number of rotatable bonds is 3. The van der Waals surface area contributed by atoms with Crippen molar-refractivity contribution in [3.05, 3.63) is 63.6 Å². The number of carbonyl (C=O) groups excluding carboxylic acids is 1. The van der Waals surface area contributed by atoms with Crippen LogP contribution in [0, 0.1) is 5.82 Å². The van der Waals surface area contributed by atoms with Crippen molar-refractivity contribution in [1.29, 1.82) is 0 Å². The molecule has 0 bridgehead atoms. The minimum absolute atomic E-state index is 0.0131. The average molecular weight is 391 g/mol. The van der Waals surface area contributed by atoms with Gasteiger partial charge in [-0.3, -0.25) is 4.79 Å². The van der Waals surface area contributed by atoms with Gasteiger partial charge < -0.3 is 19.5 Å². The van der Waals surface area contributed by atoms with E-state index < -0.39 is 5.82 Å². The molecule has 2 heterocycles. The van der Waals surface area contributed by atoms with E-state index in [2.05, 4.69) is 0 Å². The van der Waals surface area contributed by atoms with Gasteiger partial charge in [0.05, 0.1) is 29.4 Å². The maximum Gasteiger partial charge on any atom is 0.231 e. The lowest BCUT2D eigenvalue weighted by atomic mass is 10.0. The lowest BCUT2D eigenvalue weighted by Gasteiger charge is -2.24. The molecule has 2 N–H and O–H groups in total. The van der Waals surface area contributed by atoms with Gasteiger partial charge in [0.15, 0.2) is 11.5 Å². The molecule has 1 fully saturated rings. The largest absolute Gasteiger partial charge is 0.507 e. The van der Waals surface area contributed by atoms with Gasteiger partial charge in [-0.15, -0.1) is 0 Å². The van der Waals surface area contributed by atoms with Gasteiger partial charge in [-0.1, -0.05) is 17.7 Å². The fraction of sp³-hybridized carbons (Fsp3) is 0.250. The highest BCUT2D eigenvalue weighted by molar-refractivity contribution is 6.32. The van der Waals surface area contributed by atoms with E-state index in [0.717, 1.165) is 13.1 Å². The van der Waals surface area contributed by atoms with Crippen LogP contribution in [0.1, 0.15) is 21.5 Å². The summed E-state index contributed by atoms with van der Waals surface area (Å²) in [7, 11) is 0. The van der Waals surface area contributed by atoms with Crippen molar-refractivity contribution in [2.75, 3.05) is 26.3 Å². The first-order chi connectivity index (χ1) is 13.0. The number of allylic oxidation sites excluding steroid dienone is 1. The van der Waals surface area contributed by atoms with Crippen LogP contribution >= 0.6 is 11.6 Å². The summed E-state index contributed by atoms with van der Waals surface area (Å²) in [5.74, 6) is -0.505. The third-order valence-electron chi connectivity index (χ3n) is 4.82. The molecule has 7 heteroatoms. The zero-order valence-corrected chi connectivity index (χ0v) is 15.2. The number of morpholine rings is 1. The molecule has 0 atom stereocenters. The van der Waals surface area contributed by atoms with Gasteiger partial charge in [0, 0.05) is 5.56 Å². The molecule has 0 unspecified atom stereocenters. The molecular weight excluding hydrogens is 373 g/mol. The molecule has 2 aliphatic rings. The Bertz CT molecular complexity index is 918. The van der Waals surface area contributed by atoms with E-state index >= 15 is 0 Å². The lowest BCUT2D eigenvalue weighted by Crippen LogP contribution is -3.12. The van der Waals surface area contributed by atoms with Crippen molar-refractivity contribution in [2.24, 2.45) is 0 Å². The number of benzene rings is 2. The van der Waals surface area contributed by atoms with Gasteiger partial charge in [-0.05, 0) is 30.3 Å². The smallest absolute Gasteiger partial charge is 0.231 e. The van der Waals surface area contributed by atoms with Crippen molar-refractivity contribution < 1.29 is 28.7 Å². The second-order valence-corrected chi connectivity index (χ2v) is 6.96. The van der Waals surface area contributed by atoms with Crippen LogP contribution in [0.4, 0.5) is 4.39 Å². The topological polar surface area (TPSA) is 60.2 Å². The van der Waals surface area contributed by atoms with Crippen LogP contribution < -0.4 is 9.64 Å². The Labute approximate surface area is 160 Å². The SMILES string of the molecule is O=C1/C(=C/c2c(F)cccc2Cl)Oc2c1ccc(O)c2C[NH+]1CCOCC1. The van der Waals surface area contributed by atoms with Crippen LogP contribution in [0.2, 0.25) is 5.02 Å². The van der Waals surface area contributed by atoms with Gasteiger partial charge in [-0.25, -0.2) is 4.39 Å². The predicted octanol–water partition coefficient (Wildman–Crippen LogP) is 2.22.